The highest BCUT2D eigenvalue weighted by atomic mass is 16.5. The molecule has 3 aliphatic rings. The number of nitrogens with one attached hydrogen (secondary N) is 2. The zero-order valence-corrected chi connectivity index (χ0v) is 21.8. The maximum absolute atomic E-state index is 11.9. The number of carbonyl (C=O) groups is 1. The van der Waals surface area contributed by atoms with E-state index in [-0.39, 0.29) is 5.91 Å². The lowest BCUT2D eigenvalue weighted by molar-refractivity contribution is -0.129. The van der Waals surface area contributed by atoms with Crippen LogP contribution in [-0.2, 0) is 29.5 Å². The fraction of sp³-hybridized carbons (Fsp3) is 0.519. The van der Waals surface area contributed by atoms with Crippen molar-refractivity contribution in [2.75, 3.05) is 43.1 Å². The van der Waals surface area contributed by atoms with Crippen LogP contribution in [0.1, 0.15) is 38.4 Å². The Balaban J connectivity index is 0.000000286. The fourth-order valence-corrected chi connectivity index (χ4v) is 5.16. The monoisotopic (exact) mass is 491 g/mol. The summed E-state index contributed by atoms with van der Waals surface area (Å²) < 4.78 is 7.03. The second-order valence-corrected chi connectivity index (χ2v) is 10.3. The molecule has 1 saturated heterocycles. The molecule has 36 heavy (non-hydrogen) atoms. The summed E-state index contributed by atoms with van der Waals surface area (Å²) in [6.07, 6.45) is 5.99. The second-order valence-electron chi connectivity index (χ2n) is 10.3. The molecule has 1 aromatic carbocycles. The molecule has 2 aromatic heterocycles. The Labute approximate surface area is 212 Å². The molecule has 0 saturated carbocycles. The number of amides is 1. The second kappa shape index (κ2) is 10.3. The minimum atomic E-state index is 0.111. The smallest absolute Gasteiger partial charge is 0.219 e. The zero-order chi connectivity index (χ0) is 25.2. The highest BCUT2D eigenvalue weighted by Gasteiger charge is 2.29. The summed E-state index contributed by atoms with van der Waals surface area (Å²) >= 11 is 0. The number of hydrogen-bond acceptors (Lipinski definition) is 6. The van der Waals surface area contributed by atoms with Gasteiger partial charge in [0.1, 0.15) is 0 Å². The zero-order valence-electron chi connectivity index (χ0n) is 21.8. The van der Waals surface area contributed by atoms with Crippen LogP contribution in [0.4, 0.5) is 17.2 Å². The van der Waals surface area contributed by atoms with E-state index in [0.717, 1.165) is 90.7 Å². The molecular weight excluding hydrogens is 454 g/mol. The van der Waals surface area contributed by atoms with Gasteiger partial charge >= 0.3 is 0 Å². The van der Waals surface area contributed by atoms with Crippen LogP contribution in [0.5, 0.6) is 0 Å². The average molecular weight is 492 g/mol. The summed E-state index contributed by atoms with van der Waals surface area (Å²) in [7, 11) is 1.92. The van der Waals surface area contributed by atoms with E-state index in [1.807, 2.05) is 29.0 Å². The van der Waals surface area contributed by atoms with Gasteiger partial charge in [0.2, 0.25) is 5.91 Å². The maximum atomic E-state index is 11.9. The van der Waals surface area contributed by atoms with Crippen LogP contribution in [0, 0.1) is 11.8 Å². The maximum Gasteiger partial charge on any atom is 0.219 e. The number of aromatic nitrogens is 4. The summed E-state index contributed by atoms with van der Waals surface area (Å²) in [4.78, 5) is 16.0. The van der Waals surface area contributed by atoms with Crippen molar-refractivity contribution in [2.45, 2.75) is 40.2 Å². The lowest BCUT2D eigenvalue weighted by atomic mass is 9.96. The molecular formula is C27H37N7O2. The standard InChI is InChI=1S/C20H23N7O.C7H14O/c1-13(28)26-7-5-17-16(12-26)20(24-23-17)27-8-6-21-18-9-14(3-4-19(18)27)15-10-22-25(2)11-15;1-6(2)7-3-4-8-5-7/h3-4,9-11,21H,5-8,12H2,1-2H3,(H,23,24);6-7H,3-5H2,1-2H3. The number of aryl methyl sites for hydroxylation is 1. The van der Waals surface area contributed by atoms with Gasteiger partial charge in [-0.2, -0.15) is 10.2 Å². The van der Waals surface area contributed by atoms with Gasteiger partial charge in [0.05, 0.1) is 24.1 Å². The number of nitrogens with zero attached hydrogens (tertiary/aromatic N) is 5. The number of benzene rings is 1. The van der Waals surface area contributed by atoms with Crippen LogP contribution in [0.15, 0.2) is 30.6 Å². The number of anilines is 3. The third kappa shape index (κ3) is 4.97. The van der Waals surface area contributed by atoms with Crippen molar-refractivity contribution < 1.29 is 9.53 Å². The van der Waals surface area contributed by atoms with Gasteiger partial charge in [-0.15, -0.1) is 0 Å². The summed E-state index contributed by atoms with van der Waals surface area (Å²) in [5.74, 6) is 2.70. The van der Waals surface area contributed by atoms with Crippen molar-refractivity contribution in [3.63, 3.8) is 0 Å². The van der Waals surface area contributed by atoms with E-state index >= 15 is 0 Å². The molecule has 6 rings (SSSR count). The Bertz CT molecular complexity index is 1210. The third-order valence-corrected chi connectivity index (χ3v) is 7.50. The van der Waals surface area contributed by atoms with Crippen LogP contribution in [0.2, 0.25) is 0 Å². The van der Waals surface area contributed by atoms with Gasteiger partial charge < -0.3 is 19.9 Å². The van der Waals surface area contributed by atoms with E-state index in [2.05, 4.69) is 57.6 Å². The number of fused-ring (bicyclic) bond motifs is 2. The molecule has 5 heterocycles. The molecule has 0 spiro atoms. The van der Waals surface area contributed by atoms with Crippen LogP contribution in [0.25, 0.3) is 11.1 Å². The molecule has 0 radical (unpaired) electrons. The molecule has 2 N–H and O–H groups in total. The Morgan fingerprint density at radius 2 is 2.08 bits per heavy atom. The van der Waals surface area contributed by atoms with Gasteiger partial charge in [-0.1, -0.05) is 19.9 Å². The molecule has 1 fully saturated rings. The number of ether oxygens (including phenoxy) is 1. The minimum absolute atomic E-state index is 0.111. The number of H-pyrrole nitrogens is 1. The van der Waals surface area contributed by atoms with Gasteiger partial charge in [-0.05, 0) is 36.0 Å². The first-order valence-electron chi connectivity index (χ1n) is 12.9. The van der Waals surface area contributed by atoms with Crippen LogP contribution in [-0.4, -0.2) is 63.6 Å². The average Bonchev–Trinajstić information content (AvgIpc) is 3.64. The Hall–Kier alpha value is -3.33. The van der Waals surface area contributed by atoms with Gasteiger partial charge in [-0.3, -0.25) is 14.6 Å². The van der Waals surface area contributed by atoms with Crippen molar-refractivity contribution in [1.82, 2.24) is 24.9 Å². The molecule has 9 nitrogen and oxygen atoms in total. The Morgan fingerprint density at radius 1 is 1.22 bits per heavy atom. The summed E-state index contributed by atoms with van der Waals surface area (Å²) in [5.41, 5.74) is 6.69. The van der Waals surface area contributed by atoms with Crippen molar-refractivity contribution in [3.05, 3.63) is 41.9 Å². The Kier molecular flexibility index (Phi) is 7.00. The summed E-state index contributed by atoms with van der Waals surface area (Å²) in [6, 6.07) is 6.42. The first kappa shape index (κ1) is 24.4. The third-order valence-electron chi connectivity index (χ3n) is 7.50. The lowest BCUT2D eigenvalue weighted by Crippen LogP contribution is -2.36. The van der Waals surface area contributed by atoms with Gasteiger partial charge in [-0.25, -0.2) is 0 Å². The molecule has 1 atom stereocenters. The quantitative estimate of drug-likeness (QED) is 0.576. The van der Waals surface area contributed by atoms with E-state index in [1.165, 1.54) is 6.42 Å². The van der Waals surface area contributed by atoms with E-state index in [0.29, 0.717) is 6.54 Å². The highest BCUT2D eigenvalue weighted by molar-refractivity contribution is 5.83. The number of rotatable bonds is 3. The van der Waals surface area contributed by atoms with Gasteiger partial charge in [0.15, 0.2) is 5.82 Å². The predicted octanol–water partition coefficient (Wildman–Crippen LogP) is 3.96. The first-order chi connectivity index (χ1) is 17.4. The van der Waals surface area contributed by atoms with Crippen molar-refractivity contribution in [3.8, 4) is 11.1 Å². The largest absolute Gasteiger partial charge is 0.382 e. The molecule has 3 aliphatic heterocycles. The number of carbonyl (C=O) groups excluding carboxylic acids is 1. The molecule has 3 aromatic rings. The molecule has 9 heteroatoms. The van der Waals surface area contributed by atoms with E-state index in [4.69, 9.17) is 4.74 Å². The van der Waals surface area contributed by atoms with Gasteiger partial charge in [0, 0.05) is 76.3 Å². The van der Waals surface area contributed by atoms with Gasteiger partial charge in [0.25, 0.3) is 0 Å². The first-order valence-corrected chi connectivity index (χ1v) is 12.9. The number of hydrogen-bond donors (Lipinski definition) is 2. The molecule has 1 unspecified atom stereocenters. The lowest BCUT2D eigenvalue weighted by Gasteiger charge is -2.33. The fourth-order valence-electron chi connectivity index (χ4n) is 5.16. The summed E-state index contributed by atoms with van der Waals surface area (Å²) in [6.45, 7) is 11.2. The van der Waals surface area contributed by atoms with Crippen molar-refractivity contribution in [2.24, 2.45) is 18.9 Å². The van der Waals surface area contributed by atoms with E-state index in [1.54, 1.807) is 6.92 Å². The SMILES string of the molecule is CC(=O)N1CCc2[nH]nc(N3CCNc4cc(-c5cnn(C)c5)ccc43)c2C1.CC(C)C1CCOC1. The van der Waals surface area contributed by atoms with Crippen LogP contribution in [0.3, 0.4) is 0 Å². The van der Waals surface area contributed by atoms with Crippen LogP contribution >= 0.6 is 0 Å². The molecule has 192 valence electrons. The number of aromatic amines is 1. The topological polar surface area (TPSA) is 91.3 Å². The van der Waals surface area contributed by atoms with E-state index in [9.17, 15) is 4.79 Å². The molecule has 1 amide bonds. The predicted molar refractivity (Wildman–Crippen MR) is 141 cm³/mol. The molecule has 0 aliphatic carbocycles. The normalized spacial score (nSPS) is 18.9. The summed E-state index contributed by atoms with van der Waals surface area (Å²) in [5, 5.41) is 15.6. The molecule has 0 bridgehead atoms. The van der Waals surface area contributed by atoms with Crippen molar-refractivity contribution >= 4 is 23.1 Å². The van der Waals surface area contributed by atoms with E-state index < -0.39 is 0 Å². The van der Waals surface area contributed by atoms with Crippen molar-refractivity contribution in [1.29, 1.82) is 0 Å². The highest BCUT2D eigenvalue weighted by Crippen LogP contribution is 2.39. The van der Waals surface area contributed by atoms with Crippen LogP contribution < -0.4 is 10.2 Å². The minimum Gasteiger partial charge on any atom is -0.382 e. The Morgan fingerprint density at radius 3 is 2.75 bits per heavy atom.